The smallest absolute Gasteiger partial charge is 0.141 e. The third kappa shape index (κ3) is 3.08. The molecule has 0 saturated carbocycles. The molecule has 3 N–H and O–H groups in total. The SMILES string of the molecule is CC(N)(CO)Cc1ccc(F)cn1. The molecule has 0 aliphatic heterocycles. The number of nitrogens with zero attached hydrogens (tertiary/aromatic N) is 1. The van der Waals surface area contributed by atoms with E-state index in [1.807, 2.05) is 0 Å². The summed E-state index contributed by atoms with van der Waals surface area (Å²) in [5.74, 6) is -0.369. The van der Waals surface area contributed by atoms with Gasteiger partial charge in [-0.15, -0.1) is 0 Å². The number of aliphatic hydroxyl groups is 1. The van der Waals surface area contributed by atoms with Crippen LogP contribution in [0.2, 0.25) is 0 Å². The predicted octanol–water partition coefficient (Wildman–Crippen LogP) is 0.473. The first-order chi connectivity index (χ1) is 6.03. The minimum Gasteiger partial charge on any atom is -0.394 e. The van der Waals surface area contributed by atoms with Crippen LogP contribution in [0.15, 0.2) is 18.3 Å². The molecular weight excluding hydrogens is 171 g/mol. The molecule has 0 aliphatic carbocycles. The van der Waals surface area contributed by atoms with Crippen molar-refractivity contribution in [3.8, 4) is 0 Å². The summed E-state index contributed by atoms with van der Waals surface area (Å²) >= 11 is 0. The molecule has 1 unspecified atom stereocenters. The molecule has 0 saturated heterocycles. The van der Waals surface area contributed by atoms with Crippen LogP contribution >= 0.6 is 0 Å². The molecule has 0 amide bonds. The number of aliphatic hydroxyl groups excluding tert-OH is 1. The van der Waals surface area contributed by atoms with Crippen LogP contribution in [0.5, 0.6) is 0 Å². The molecule has 3 nitrogen and oxygen atoms in total. The number of aromatic nitrogens is 1. The van der Waals surface area contributed by atoms with E-state index in [0.717, 1.165) is 6.20 Å². The Morgan fingerprint density at radius 3 is 2.77 bits per heavy atom. The van der Waals surface area contributed by atoms with E-state index in [4.69, 9.17) is 10.8 Å². The molecule has 1 heterocycles. The first kappa shape index (κ1) is 10.1. The molecule has 0 fully saturated rings. The van der Waals surface area contributed by atoms with E-state index in [2.05, 4.69) is 4.98 Å². The number of hydrogen-bond donors (Lipinski definition) is 2. The van der Waals surface area contributed by atoms with Crippen molar-refractivity contribution >= 4 is 0 Å². The highest BCUT2D eigenvalue weighted by atomic mass is 19.1. The van der Waals surface area contributed by atoms with E-state index in [-0.39, 0.29) is 12.4 Å². The van der Waals surface area contributed by atoms with Crippen molar-refractivity contribution in [2.75, 3.05) is 6.61 Å². The second kappa shape index (κ2) is 3.81. The van der Waals surface area contributed by atoms with E-state index in [0.29, 0.717) is 12.1 Å². The molecule has 0 aliphatic rings. The second-order valence-electron chi connectivity index (χ2n) is 3.46. The van der Waals surface area contributed by atoms with Gasteiger partial charge in [0.25, 0.3) is 0 Å². The summed E-state index contributed by atoms with van der Waals surface area (Å²) in [6.07, 6.45) is 1.58. The Balaban J connectivity index is 2.69. The molecule has 0 spiro atoms. The molecule has 0 aromatic carbocycles. The topological polar surface area (TPSA) is 59.1 Å². The minimum absolute atomic E-state index is 0.119. The van der Waals surface area contributed by atoms with Crippen LogP contribution in [0.1, 0.15) is 12.6 Å². The second-order valence-corrected chi connectivity index (χ2v) is 3.46. The molecule has 4 heteroatoms. The predicted molar refractivity (Wildman–Crippen MR) is 47.6 cm³/mol. The normalized spacial score (nSPS) is 15.4. The van der Waals surface area contributed by atoms with Crippen LogP contribution in [-0.2, 0) is 6.42 Å². The fraction of sp³-hybridized carbons (Fsp3) is 0.444. The van der Waals surface area contributed by atoms with Gasteiger partial charge in [-0.3, -0.25) is 4.98 Å². The van der Waals surface area contributed by atoms with E-state index in [1.165, 1.54) is 6.07 Å². The molecule has 13 heavy (non-hydrogen) atoms. The van der Waals surface area contributed by atoms with E-state index >= 15 is 0 Å². The van der Waals surface area contributed by atoms with Gasteiger partial charge < -0.3 is 10.8 Å². The lowest BCUT2D eigenvalue weighted by Gasteiger charge is -2.20. The van der Waals surface area contributed by atoms with Gasteiger partial charge in [0.15, 0.2) is 0 Å². The van der Waals surface area contributed by atoms with Crippen molar-refractivity contribution in [3.05, 3.63) is 29.8 Å². The highest BCUT2D eigenvalue weighted by Gasteiger charge is 2.18. The maximum atomic E-state index is 12.5. The van der Waals surface area contributed by atoms with Gasteiger partial charge in [-0.2, -0.15) is 0 Å². The number of hydrogen-bond acceptors (Lipinski definition) is 3. The van der Waals surface area contributed by atoms with Crippen LogP contribution in [0, 0.1) is 5.82 Å². The minimum atomic E-state index is -0.690. The van der Waals surface area contributed by atoms with E-state index < -0.39 is 5.54 Å². The highest BCUT2D eigenvalue weighted by Crippen LogP contribution is 2.07. The lowest BCUT2D eigenvalue weighted by molar-refractivity contribution is 0.207. The summed E-state index contributed by atoms with van der Waals surface area (Å²) in [6.45, 7) is 1.60. The average molecular weight is 184 g/mol. The molecule has 0 bridgehead atoms. The van der Waals surface area contributed by atoms with Gasteiger partial charge in [0.1, 0.15) is 5.82 Å². The summed E-state index contributed by atoms with van der Waals surface area (Å²) in [4.78, 5) is 3.85. The first-order valence-electron chi connectivity index (χ1n) is 4.04. The monoisotopic (exact) mass is 184 g/mol. The van der Waals surface area contributed by atoms with Crippen molar-refractivity contribution in [2.45, 2.75) is 18.9 Å². The standard InChI is InChI=1S/C9H13FN2O/c1-9(11,6-13)4-8-3-2-7(10)5-12-8/h2-3,5,13H,4,6,11H2,1H3. The van der Waals surface area contributed by atoms with Crippen LogP contribution < -0.4 is 5.73 Å². The lowest BCUT2D eigenvalue weighted by Crippen LogP contribution is -2.42. The maximum absolute atomic E-state index is 12.5. The molecule has 1 atom stereocenters. The number of rotatable bonds is 3. The Morgan fingerprint density at radius 2 is 2.31 bits per heavy atom. The van der Waals surface area contributed by atoms with Gasteiger partial charge in [0.05, 0.1) is 12.8 Å². The van der Waals surface area contributed by atoms with Crippen molar-refractivity contribution in [3.63, 3.8) is 0 Å². The summed E-state index contributed by atoms with van der Waals surface area (Å²) in [7, 11) is 0. The zero-order valence-corrected chi connectivity index (χ0v) is 7.50. The number of nitrogens with two attached hydrogens (primary N) is 1. The molecule has 72 valence electrons. The van der Waals surface area contributed by atoms with Crippen molar-refractivity contribution < 1.29 is 9.50 Å². The Hall–Kier alpha value is -1.00. The average Bonchev–Trinajstić information content (AvgIpc) is 2.09. The van der Waals surface area contributed by atoms with E-state index in [1.54, 1.807) is 13.0 Å². The zero-order valence-electron chi connectivity index (χ0n) is 7.50. The Bertz CT molecular complexity index is 271. The highest BCUT2D eigenvalue weighted by molar-refractivity contribution is 5.08. The number of pyridine rings is 1. The molecule has 1 aromatic heterocycles. The fourth-order valence-corrected chi connectivity index (χ4v) is 0.981. The summed E-state index contributed by atoms with van der Waals surface area (Å²) in [5.41, 5.74) is 5.69. The Morgan fingerprint density at radius 1 is 1.62 bits per heavy atom. The first-order valence-corrected chi connectivity index (χ1v) is 4.04. The zero-order chi connectivity index (χ0) is 9.90. The van der Waals surface area contributed by atoms with Crippen molar-refractivity contribution in [1.82, 2.24) is 4.98 Å². The maximum Gasteiger partial charge on any atom is 0.141 e. The quantitative estimate of drug-likeness (QED) is 0.718. The van der Waals surface area contributed by atoms with Gasteiger partial charge in [-0.25, -0.2) is 4.39 Å². The van der Waals surface area contributed by atoms with Gasteiger partial charge in [-0.1, -0.05) is 0 Å². The third-order valence-electron chi connectivity index (χ3n) is 1.73. The van der Waals surface area contributed by atoms with Crippen LogP contribution in [0.25, 0.3) is 0 Å². The Labute approximate surface area is 76.4 Å². The van der Waals surface area contributed by atoms with Crippen molar-refractivity contribution in [1.29, 1.82) is 0 Å². The molecular formula is C9H13FN2O. The molecule has 0 radical (unpaired) electrons. The van der Waals surface area contributed by atoms with Crippen LogP contribution in [0.3, 0.4) is 0 Å². The number of halogens is 1. The Kier molecular flexibility index (Phi) is 2.95. The van der Waals surface area contributed by atoms with Gasteiger partial charge in [0.2, 0.25) is 0 Å². The summed E-state index contributed by atoms with van der Waals surface area (Å²) in [6, 6.07) is 2.89. The van der Waals surface area contributed by atoms with Gasteiger partial charge >= 0.3 is 0 Å². The molecule has 1 aromatic rings. The van der Waals surface area contributed by atoms with Gasteiger partial charge in [0, 0.05) is 17.7 Å². The lowest BCUT2D eigenvalue weighted by atomic mass is 9.98. The fourth-order valence-electron chi connectivity index (χ4n) is 0.981. The third-order valence-corrected chi connectivity index (χ3v) is 1.73. The van der Waals surface area contributed by atoms with Crippen LogP contribution in [0.4, 0.5) is 4.39 Å². The summed E-state index contributed by atoms with van der Waals surface area (Å²) in [5, 5.41) is 8.88. The van der Waals surface area contributed by atoms with Crippen LogP contribution in [-0.4, -0.2) is 22.2 Å². The van der Waals surface area contributed by atoms with Crippen molar-refractivity contribution in [2.24, 2.45) is 5.73 Å². The van der Waals surface area contributed by atoms with Gasteiger partial charge in [-0.05, 0) is 19.1 Å². The van der Waals surface area contributed by atoms with E-state index in [9.17, 15) is 4.39 Å². The molecule has 1 rings (SSSR count). The largest absolute Gasteiger partial charge is 0.394 e. The summed E-state index contributed by atoms with van der Waals surface area (Å²) < 4.78 is 12.5.